The Balaban J connectivity index is 1.80. The first-order valence-electron chi connectivity index (χ1n) is 7.42. The van der Waals surface area contributed by atoms with E-state index in [9.17, 15) is 9.59 Å². The Hall–Kier alpha value is -2.63. The van der Waals surface area contributed by atoms with Crippen molar-refractivity contribution in [1.29, 1.82) is 0 Å². The lowest BCUT2D eigenvalue weighted by Gasteiger charge is -2.35. The number of carbonyl (C=O) groups excluding carboxylic acids is 1. The normalized spacial score (nSPS) is 18.0. The Kier molecular flexibility index (Phi) is 4.18. The van der Waals surface area contributed by atoms with Crippen molar-refractivity contribution in [3.8, 4) is 0 Å². The molecule has 6 heteroatoms. The van der Waals surface area contributed by atoms with Gasteiger partial charge < -0.3 is 15.2 Å². The Labute approximate surface area is 128 Å². The first-order chi connectivity index (χ1) is 10.8. The molecule has 2 aromatic rings. The summed E-state index contributed by atoms with van der Waals surface area (Å²) in [6.45, 7) is 0.664. The van der Waals surface area contributed by atoms with E-state index in [1.54, 1.807) is 23.2 Å². The van der Waals surface area contributed by atoms with Gasteiger partial charge in [-0.3, -0.25) is 9.78 Å². The highest BCUT2D eigenvalue weighted by molar-refractivity contribution is 5.89. The van der Waals surface area contributed by atoms with E-state index in [-0.39, 0.29) is 23.3 Å². The van der Waals surface area contributed by atoms with Crippen LogP contribution in [0.3, 0.4) is 0 Å². The van der Waals surface area contributed by atoms with Gasteiger partial charge in [0.2, 0.25) is 0 Å². The lowest BCUT2D eigenvalue weighted by molar-refractivity contribution is 0.161. The topological polar surface area (TPSA) is 78.1 Å². The Morgan fingerprint density at radius 2 is 2.18 bits per heavy atom. The SMILES string of the molecule is O=C(Nc1ccc[nH]c1=O)N1CCCCC1c1ccccn1. The number of pyridine rings is 2. The Morgan fingerprint density at radius 3 is 2.95 bits per heavy atom. The summed E-state index contributed by atoms with van der Waals surface area (Å²) >= 11 is 0. The van der Waals surface area contributed by atoms with E-state index >= 15 is 0 Å². The van der Waals surface area contributed by atoms with Crippen LogP contribution in [0.1, 0.15) is 31.0 Å². The number of piperidine rings is 1. The van der Waals surface area contributed by atoms with Gasteiger partial charge in [0.25, 0.3) is 5.56 Å². The average Bonchev–Trinajstić information content (AvgIpc) is 2.58. The lowest BCUT2D eigenvalue weighted by atomic mass is 9.99. The molecule has 3 rings (SSSR count). The van der Waals surface area contributed by atoms with Gasteiger partial charge in [0.05, 0.1) is 11.7 Å². The molecule has 1 aliphatic heterocycles. The van der Waals surface area contributed by atoms with Gasteiger partial charge in [-0.25, -0.2) is 4.79 Å². The maximum Gasteiger partial charge on any atom is 0.322 e. The van der Waals surface area contributed by atoms with Gasteiger partial charge in [0.1, 0.15) is 5.69 Å². The molecule has 22 heavy (non-hydrogen) atoms. The number of H-pyrrole nitrogens is 1. The fraction of sp³-hybridized carbons (Fsp3) is 0.312. The van der Waals surface area contributed by atoms with Crippen LogP contribution < -0.4 is 10.9 Å². The molecule has 6 nitrogen and oxygen atoms in total. The van der Waals surface area contributed by atoms with Gasteiger partial charge in [-0.1, -0.05) is 6.07 Å². The quantitative estimate of drug-likeness (QED) is 0.894. The standard InChI is InChI=1S/C16H18N4O2/c21-15-13(7-5-10-18-15)19-16(22)20-11-4-2-8-14(20)12-6-1-3-9-17-12/h1,3,5-7,9-10,14H,2,4,8,11H2,(H,18,21)(H,19,22). The molecule has 3 heterocycles. The molecular formula is C16H18N4O2. The zero-order valence-electron chi connectivity index (χ0n) is 12.2. The van der Waals surface area contributed by atoms with Crippen molar-refractivity contribution < 1.29 is 4.79 Å². The van der Waals surface area contributed by atoms with E-state index in [0.29, 0.717) is 6.54 Å². The number of carbonyl (C=O) groups is 1. The van der Waals surface area contributed by atoms with Crippen LogP contribution in [0.25, 0.3) is 0 Å². The van der Waals surface area contributed by atoms with Crippen LogP contribution in [0.2, 0.25) is 0 Å². The van der Waals surface area contributed by atoms with Crippen LogP contribution in [0.15, 0.2) is 47.5 Å². The lowest BCUT2D eigenvalue weighted by Crippen LogP contribution is -2.42. The van der Waals surface area contributed by atoms with Crippen molar-refractivity contribution in [3.63, 3.8) is 0 Å². The highest BCUT2D eigenvalue weighted by Gasteiger charge is 2.29. The van der Waals surface area contributed by atoms with Gasteiger partial charge >= 0.3 is 6.03 Å². The van der Waals surface area contributed by atoms with E-state index in [2.05, 4.69) is 15.3 Å². The number of aromatic nitrogens is 2. The van der Waals surface area contributed by atoms with Crippen molar-refractivity contribution in [2.75, 3.05) is 11.9 Å². The minimum Gasteiger partial charge on any atom is -0.327 e. The second-order valence-corrected chi connectivity index (χ2v) is 5.30. The van der Waals surface area contributed by atoms with E-state index in [4.69, 9.17) is 0 Å². The van der Waals surface area contributed by atoms with Gasteiger partial charge in [-0.05, 0) is 43.5 Å². The van der Waals surface area contributed by atoms with Crippen molar-refractivity contribution >= 4 is 11.7 Å². The first-order valence-corrected chi connectivity index (χ1v) is 7.42. The highest BCUT2D eigenvalue weighted by atomic mass is 16.2. The molecular weight excluding hydrogens is 280 g/mol. The fourth-order valence-electron chi connectivity index (χ4n) is 2.76. The Bertz CT molecular complexity index is 699. The van der Waals surface area contributed by atoms with Crippen molar-refractivity contribution in [3.05, 3.63) is 58.8 Å². The molecule has 1 saturated heterocycles. The summed E-state index contributed by atoms with van der Waals surface area (Å²) in [4.78, 5) is 32.9. The maximum atomic E-state index is 12.5. The van der Waals surface area contributed by atoms with Crippen LogP contribution in [0, 0.1) is 0 Å². The van der Waals surface area contributed by atoms with E-state index in [0.717, 1.165) is 25.0 Å². The molecule has 0 aromatic carbocycles. The van der Waals surface area contributed by atoms with E-state index in [1.165, 1.54) is 6.20 Å². The zero-order valence-corrected chi connectivity index (χ0v) is 12.2. The monoisotopic (exact) mass is 298 g/mol. The highest BCUT2D eigenvalue weighted by Crippen LogP contribution is 2.29. The number of likely N-dealkylation sites (tertiary alicyclic amines) is 1. The summed E-state index contributed by atoms with van der Waals surface area (Å²) in [6.07, 6.45) is 6.19. The Morgan fingerprint density at radius 1 is 1.27 bits per heavy atom. The molecule has 114 valence electrons. The largest absolute Gasteiger partial charge is 0.327 e. The van der Waals surface area contributed by atoms with Crippen molar-refractivity contribution in [1.82, 2.24) is 14.9 Å². The number of anilines is 1. The molecule has 2 amide bonds. The molecule has 1 atom stereocenters. The van der Waals surface area contributed by atoms with Crippen LogP contribution in [-0.2, 0) is 0 Å². The number of nitrogens with zero attached hydrogens (tertiary/aromatic N) is 2. The smallest absolute Gasteiger partial charge is 0.322 e. The molecule has 1 fully saturated rings. The summed E-state index contributed by atoms with van der Waals surface area (Å²) in [5, 5.41) is 2.70. The minimum absolute atomic E-state index is 0.0438. The number of amides is 2. The van der Waals surface area contributed by atoms with Crippen LogP contribution in [0.4, 0.5) is 10.5 Å². The molecule has 0 saturated carbocycles. The molecule has 1 unspecified atom stereocenters. The van der Waals surface area contributed by atoms with Gasteiger partial charge in [0.15, 0.2) is 0 Å². The third kappa shape index (κ3) is 3.00. The molecule has 0 radical (unpaired) electrons. The number of hydrogen-bond acceptors (Lipinski definition) is 3. The minimum atomic E-state index is -0.303. The number of aromatic amines is 1. The van der Waals surface area contributed by atoms with E-state index < -0.39 is 0 Å². The summed E-state index contributed by atoms with van der Waals surface area (Å²) in [5.41, 5.74) is 0.847. The predicted molar refractivity (Wildman–Crippen MR) is 83.6 cm³/mol. The summed E-state index contributed by atoms with van der Waals surface area (Å²) in [7, 11) is 0. The van der Waals surface area contributed by atoms with Gasteiger partial charge in [0, 0.05) is 18.9 Å². The summed E-state index contributed by atoms with van der Waals surface area (Å²) in [6, 6.07) is 8.70. The van der Waals surface area contributed by atoms with Crippen LogP contribution in [0.5, 0.6) is 0 Å². The average molecular weight is 298 g/mol. The third-order valence-electron chi connectivity index (χ3n) is 3.85. The molecule has 1 aliphatic rings. The number of urea groups is 1. The molecule has 2 aromatic heterocycles. The van der Waals surface area contributed by atoms with Gasteiger partial charge in [-0.2, -0.15) is 0 Å². The van der Waals surface area contributed by atoms with Crippen molar-refractivity contribution in [2.24, 2.45) is 0 Å². The second kappa shape index (κ2) is 6.43. The second-order valence-electron chi connectivity index (χ2n) is 5.30. The number of nitrogens with one attached hydrogen (secondary N) is 2. The van der Waals surface area contributed by atoms with Crippen molar-refractivity contribution in [2.45, 2.75) is 25.3 Å². The van der Waals surface area contributed by atoms with Gasteiger partial charge in [-0.15, -0.1) is 0 Å². The van der Waals surface area contributed by atoms with Crippen LogP contribution >= 0.6 is 0 Å². The summed E-state index contributed by atoms with van der Waals surface area (Å²) < 4.78 is 0. The maximum absolute atomic E-state index is 12.5. The van der Waals surface area contributed by atoms with E-state index in [1.807, 2.05) is 18.2 Å². The number of rotatable bonds is 2. The fourth-order valence-corrected chi connectivity index (χ4v) is 2.76. The molecule has 0 aliphatic carbocycles. The summed E-state index contributed by atoms with van der Waals surface area (Å²) in [5.74, 6) is 0. The first kappa shape index (κ1) is 14.3. The molecule has 0 bridgehead atoms. The zero-order chi connectivity index (χ0) is 15.4. The molecule has 0 spiro atoms. The molecule has 2 N–H and O–H groups in total. The predicted octanol–water partition coefficient (Wildman–Crippen LogP) is 2.53. The number of hydrogen-bond donors (Lipinski definition) is 2. The third-order valence-corrected chi connectivity index (χ3v) is 3.85. The van der Waals surface area contributed by atoms with Crippen LogP contribution in [-0.4, -0.2) is 27.4 Å².